The van der Waals surface area contributed by atoms with Crippen molar-refractivity contribution in [2.24, 2.45) is 11.3 Å². The minimum Gasteiger partial charge on any atom is -0.382 e. The lowest BCUT2D eigenvalue weighted by molar-refractivity contribution is 0.177. The molecular formula is C19H24BrN. The monoisotopic (exact) mass is 345 g/mol. The van der Waals surface area contributed by atoms with Gasteiger partial charge >= 0.3 is 0 Å². The topological polar surface area (TPSA) is 12.0 Å². The van der Waals surface area contributed by atoms with Crippen LogP contribution in [0.15, 0.2) is 40.9 Å². The normalized spacial score (nSPS) is 25.0. The van der Waals surface area contributed by atoms with Gasteiger partial charge in [0, 0.05) is 21.6 Å². The molecule has 2 aromatic carbocycles. The highest BCUT2D eigenvalue weighted by atomic mass is 79.9. The minimum absolute atomic E-state index is 0.499. The molecule has 0 heterocycles. The van der Waals surface area contributed by atoms with Crippen molar-refractivity contribution in [1.29, 1.82) is 0 Å². The Hall–Kier alpha value is -1.02. The van der Waals surface area contributed by atoms with Gasteiger partial charge in [0.2, 0.25) is 0 Å². The SMILES string of the molecule is CC1CC(C)(C)CCC1Nc1ccc(Br)c2ccccc12. The molecule has 0 saturated heterocycles. The average molecular weight is 346 g/mol. The Morgan fingerprint density at radius 3 is 2.52 bits per heavy atom. The summed E-state index contributed by atoms with van der Waals surface area (Å²) in [7, 11) is 0. The first-order chi connectivity index (χ1) is 9.96. The Balaban J connectivity index is 1.87. The fourth-order valence-electron chi connectivity index (χ4n) is 3.75. The molecule has 1 fully saturated rings. The number of benzene rings is 2. The van der Waals surface area contributed by atoms with E-state index in [0.29, 0.717) is 11.5 Å². The van der Waals surface area contributed by atoms with Crippen molar-refractivity contribution >= 4 is 32.4 Å². The van der Waals surface area contributed by atoms with E-state index >= 15 is 0 Å². The van der Waals surface area contributed by atoms with Gasteiger partial charge in [0.15, 0.2) is 0 Å². The van der Waals surface area contributed by atoms with Gasteiger partial charge in [0.05, 0.1) is 0 Å². The summed E-state index contributed by atoms with van der Waals surface area (Å²) in [5, 5.41) is 6.41. The lowest BCUT2D eigenvalue weighted by atomic mass is 9.70. The van der Waals surface area contributed by atoms with E-state index in [1.54, 1.807) is 0 Å². The fraction of sp³-hybridized carbons (Fsp3) is 0.474. The molecule has 2 heteroatoms. The number of anilines is 1. The summed E-state index contributed by atoms with van der Waals surface area (Å²) in [5.41, 5.74) is 1.77. The van der Waals surface area contributed by atoms with Gasteiger partial charge in [-0.05, 0) is 48.1 Å². The lowest BCUT2D eigenvalue weighted by Gasteiger charge is -2.40. The van der Waals surface area contributed by atoms with Crippen LogP contribution in [0.25, 0.3) is 10.8 Å². The molecule has 2 unspecified atom stereocenters. The van der Waals surface area contributed by atoms with Gasteiger partial charge in [-0.1, -0.05) is 61.0 Å². The van der Waals surface area contributed by atoms with Crippen LogP contribution in [0.2, 0.25) is 0 Å². The van der Waals surface area contributed by atoms with E-state index in [1.807, 2.05) is 0 Å². The van der Waals surface area contributed by atoms with Crippen LogP contribution in [0.1, 0.15) is 40.0 Å². The smallest absolute Gasteiger partial charge is 0.0422 e. The van der Waals surface area contributed by atoms with Crippen molar-refractivity contribution in [1.82, 2.24) is 0 Å². The zero-order valence-corrected chi connectivity index (χ0v) is 14.7. The van der Waals surface area contributed by atoms with Crippen molar-refractivity contribution in [3.8, 4) is 0 Å². The maximum Gasteiger partial charge on any atom is 0.0422 e. The first kappa shape index (κ1) is 14.9. The molecular weight excluding hydrogens is 322 g/mol. The molecule has 2 aromatic rings. The largest absolute Gasteiger partial charge is 0.382 e. The van der Waals surface area contributed by atoms with Gasteiger partial charge in [-0.2, -0.15) is 0 Å². The Labute approximate surface area is 136 Å². The molecule has 0 aliphatic heterocycles. The Morgan fingerprint density at radius 2 is 1.81 bits per heavy atom. The van der Waals surface area contributed by atoms with Crippen molar-refractivity contribution in [3.63, 3.8) is 0 Å². The van der Waals surface area contributed by atoms with Crippen molar-refractivity contribution in [3.05, 3.63) is 40.9 Å². The highest BCUT2D eigenvalue weighted by molar-refractivity contribution is 9.10. The predicted molar refractivity (Wildman–Crippen MR) is 95.9 cm³/mol. The molecule has 3 rings (SSSR count). The van der Waals surface area contributed by atoms with E-state index in [-0.39, 0.29) is 0 Å². The third-order valence-electron chi connectivity index (χ3n) is 4.91. The summed E-state index contributed by atoms with van der Waals surface area (Å²) in [5.74, 6) is 0.719. The van der Waals surface area contributed by atoms with Gasteiger partial charge in [0.1, 0.15) is 0 Å². The van der Waals surface area contributed by atoms with Gasteiger partial charge in [-0.15, -0.1) is 0 Å². The molecule has 0 radical (unpaired) electrons. The number of hydrogen-bond donors (Lipinski definition) is 1. The van der Waals surface area contributed by atoms with Crippen LogP contribution in [0.5, 0.6) is 0 Å². The third-order valence-corrected chi connectivity index (χ3v) is 5.60. The van der Waals surface area contributed by atoms with Crippen LogP contribution in [0, 0.1) is 11.3 Å². The maximum atomic E-state index is 3.82. The molecule has 0 amide bonds. The van der Waals surface area contributed by atoms with Crippen LogP contribution in [0.3, 0.4) is 0 Å². The average Bonchev–Trinajstić information content (AvgIpc) is 2.44. The van der Waals surface area contributed by atoms with E-state index in [1.165, 1.54) is 40.2 Å². The molecule has 0 spiro atoms. The van der Waals surface area contributed by atoms with Crippen LogP contribution in [0.4, 0.5) is 5.69 Å². The molecule has 1 saturated carbocycles. The van der Waals surface area contributed by atoms with E-state index in [2.05, 4.69) is 78.4 Å². The van der Waals surface area contributed by atoms with Crippen molar-refractivity contribution in [2.75, 3.05) is 5.32 Å². The Bertz CT molecular complexity index is 647. The van der Waals surface area contributed by atoms with Crippen LogP contribution >= 0.6 is 15.9 Å². The number of rotatable bonds is 2. The second-order valence-electron chi connectivity index (χ2n) is 7.28. The summed E-state index contributed by atoms with van der Waals surface area (Å²) in [6.07, 6.45) is 3.88. The molecule has 1 aliphatic rings. The minimum atomic E-state index is 0.499. The number of halogens is 1. The second-order valence-corrected chi connectivity index (χ2v) is 8.13. The summed E-state index contributed by atoms with van der Waals surface area (Å²) >= 11 is 3.66. The fourth-order valence-corrected chi connectivity index (χ4v) is 4.23. The maximum absolute atomic E-state index is 3.82. The lowest BCUT2D eigenvalue weighted by Crippen LogP contribution is -2.36. The molecule has 2 atom stereocenters. The van der Waals surface area contributed by atoms with E-state index in [4.69, 9.17) is 0 Å². The third kappa shape index (κ3) is 3.11. The zero-order chi connectivity index (χ0) is 15.0. The van der Waals surface area contributed by atoms with Crippen LogP contribution in [-0.4, -0.2) is 6.04 Å². The first-order valence-electron chi connectivity index (χ1n) is 7.90. The molecule has 1 aliphatic carbocycles. The van der Waals surface area contributed by atoms with E-state index in [0.717, 1.165) is 5.92 Å². The zero-order valence-electron chi connectivity index (χ0n) is 13.1. The summed E-state index contributed by atoms with van der Waals surface area (Å²) in [6.45, 7) is 7.18. The van der Waals surface area contributed by atoms with Crippen LogP contribution in [-0.2, 0) is 0 Å². The van der Waals surface area contributed by atoms with Crippen LogP contribution < -0.4 is 5.32 Å². The molecule has 1 nitrogen and oxygen atoms in total. The number of hydrogen-bond acceptors (Lipinski definition) is 1. The van der Waals surface area contributed by atoms with Gasteiger partial charge in [-0.3, -0.25) is 0 Å². The predicted octanol–water partition coefficient (Wildman–Crippen LogP) is 6.23. The van der Waals surface area contributed by atoms with Crippen molar-refractivity contribution < 1.29 is 0 Å². The number of nitrogens with one attached hydrogen (secondary N) is 1. The first-order valence-corrected chi connectivity index (χ1v) is 8.69. The van der Waals surface area contributed by atoms with Gasteiger partial charge < -0.3 is 5.32 Å². The van der Waals surface area contributed by atoms with E-state index < -0.39 is 0 Å². The second kappa shape index (κ2) is 5.64. The summed E-state index contributed by atoms with van der Waals surface area (Å²) in [6, 6.07) is 13.6. The highest BCUT2D eigenvalue weighted by Gasteiger charge is 2.32. The molecule has 112 valence electrons. The molecule has 0 bridgehead atoms. The van der Waals surface area contributed by atoms with E-state index in [9.17, 15) is 0 Å². The number of fused-ring (bicyclic) bond motifs is 1. The molecule has 21 heavy (non-hydrogen) atoms. The quantitative estimate of drug-likeness (QED) is 0.680. The molecule has 0 aromatic heterocycles. The van der Waals surface area contributed by atoms with Gasteiger partial charge in [-0.25, -0.2) is 0 Å². The summed E-state index contributed by atoms with van der Waals surface area (Å²) < 4.78 is 1.17. The Kier molecular flexibility index (Phi) is 4.00. The van der Waals surface area contributed by atoms with Gasteiger partial charge in [0.25, 0.3) is 0 Å². The van der Waals surface area contributed by atoms with Crippen molar-refractivity contribution in [2.45, 2.75) is 46.1 Å². The molecule has 1 N–H and O–H groups in total. The Morgan fingerprint density at radius 1 is 1.10 bits per heavy atom. The highest BCUT2D eigenvalue weighted by Crippen LogP contribution is 2.40. The summed E-state index contributed by atoms with van der Waals surface area (Å²) in [4.78, 5) is 0. The standard InChI is InChI=1S/C19H24BrN/c1-13-12-19(2,3)11-10-17(13)21-18-9-8-16(20)14-6-4-5-7-15(14)18/h4-9,13,17,21H,10-12H2,1-3H3.